The average molecular weight is 1750 g/mol. The van der Waals surface area contributed by atoms with Gasteiger partial charge in [0, 0.05) is 125 Å². The summed E-state index contributed by atoms with van der Waals surface area (Å²) in [5.41, 5.74) is 0. The summed E-state index contributed by atoms with van der Waals surface area (Å²) in [5.74, 6) is -20.7. The van der Waals surface area contributed by atoms with E-state index in [4.69, 9.17) is 137 Å². The highest BCUT2D eigenvalue weighted by atomic mass is 16.8. The summed E-state index contributed by atoms with van der Waals surface area (Å²) in [6, 6.07) is 0. The highest BCUT2D eigenvalue weighted by molar-refractivity contribution is 5.72. The summed E-state index contributed by atoms with van der Waals surface area (Å²) < 4.78 is 171. The van der Waals surface area contributed by atoms with Crippen LogP contribution in [0.25, 0.3) is 0 Å². The standard InChI is InChI=1S/C72H98O49/c1-25(73)93-19-43-49(91)55(102-34(10)82)62(106-38(14)86)68(112-43)120-59-51(100-32(8)80)45(21-95-27(3)75)113-69(65(59)109-41(17)89)118-54-48(24-98-30(6)78)116-72(64(108-40(16)88)58(54)104-36(12)84)121-60-52(101-33(9)81)46(22-96-28(4)76)114-70(66(60)110-42(18)90)117-53-47(23-97-29(5)77)115-71(63(107-39(15)87)57(53)103-35(11)83)119-56-50(99-31(7)79)44(20-94-26(2)74)111-67(92)61(56)105-37(13)85/h43-72,91-92H,19-24H2,1-18H3/t43-,44-,45-,46-,47-,48-,49-,50-,51-,52-,53-,54-,55+,56+,57+,58+,59-,60+,61-,62-,63-,64-,65-,66-,67-,68+,69+,70+,71+,72+/m1/s1. The van der Waals surface area contributed by atoms with Gasteiger partial charge >= 0.3 is 107 Å². The fourth-order valence-corrected chi connectivity index (χ4v) is 13.3. The molecular weight excluding hydrogens is 1650 g/mol. The molecule has 49 nitrogen and oxygen atoms in total. The van der Waals surface area contributed by atoms with Crippen LogP contribution in [0.2, 0.25) is 0 Å². The van der Waals surface area contributed by atoms with Gasteiger partial charge in [-0.15, -0.1) is 0 Å². The molecule has 30 atom stereocenters. The van der Waals surface area contributed by atoms with Crippen molar-refractivity contribution >= 4 is 107 Å². The summed E-state index contributed by atoms with van der Waals surface area (Å²) in [6.07, 6.45) is -65.1. The molecule has 0 saturated carbocycles. The van der Waals surface area contributed by atoms with E-state index in [1.54, 1.807) is 0 Å². The van der Waals surface area contributed by atoms with Crippen LogP contribution >= 0.6 is 0 Å². The summed E-state index contributed by atoms with van der Waals surface area (Å²) in [5, 5.41) is 23.0. The largest absolute Gasteiger partial charge is 0.463 e. The lowest BCUT2D eigenvalue weighted by Gasteiger charge is -2.52. The Kier molecular flexibility index (Phi) is 37.7. The van der Waals surface area contributed by atoms with Crippen LogP contribution in [-0.2, 0) is 224 Å². The van der Waals surface area contributed by atoms with Gasteiger partial charge in [0.25, 0.3) is 0 Å². The molecule has 0 unspecified atom stereocenters. The van der Waals surface area contributed by atoms with Crippen LogP contribution in [0.4, 0.5) is 0 Å². The van der Waals surface area contributed by atoms with Crippen molar-refractivity contribution in [3.05, 3.63) is 0 Å². The SMILES string of the molecule is CC(=O)OC[C@H]1O[C@@H](O[C@H]2[C@@H](OC(C)=O)[C@H](O[C@H]3[C@H](OC(C)=O)[C@@H](OC(C)=O)[C@H](O[C@@H]4[C@@H](OC(C)=O)[C@H](O[C@H]5[C@H](OC(C)=O)[C@@H](OC(C)=O)[C@H](O[C@@H]6[C@@H](OC(C)=O)[C@H](O)O[C@H](COC(C)=O)[C@H]6OC(C)=O)O[C@@H]5COC(C)=O)O[C@H](COC(C)=O)[C@H]4OC(C)=O)O[C@@H]3COC(C)=O)O[C@H](COC(C)=O)[C@H]2OC(C)=O)[C@H](OC(C)=O)[C@@H](OC(C)=O)[C@@H]1O. The van der Waals surface area contributed by atoms with Gasteiger partial charge in [0.2, 0.25) is 0 Å². The molecule has 0 aliphatic carbocycles. The predicted molar refractivity (Wildman–Crippen MR) is 371 cm³/mol. The van der Waals surface area contributed by atoms with E-state index in [-0.39, 0.29) is 0 Å². The van der Waals surface area contributed by atoms with E-state index >= 15 is 0 Å². The third-order valence-electron chi connectivity index (χ3n) is 17.4. The fraction of sp³-hybridized carbons (Fsp3) is 0.750. The Bertz CT molecular complexity index is 3710. The fourth-order valence-electron chi connectivity index (χ4n) is 13.3. The molecule has 6 aliphatic rings. The van der Waals surface area contributed by atoms with E-state index in [1.165, 1.54) is 0 Å². The Labute approximate surface area is 687 Å². The van der Waals surface area contributed by atoms with Gasteiger partial charge in [-0.05, 0) is 0 Å². The average Bonchev–Trinajstić information content (AvgIpc) is 0.756. The maximum Gasteiger partial charge on any atom is 0.303 e. The normalized spacial score (nSPS) is 33.7. The third-order valence-corrected chi connectivity index (χ3v) is 17.4. The van der Waals surface area contributed by atoms with Crippen molar-refractivity contribution < 1.29 is 234 Å². The molecule has 0 amide bonds. The smallest absolute Gasteiger partial charge is 0.303 e. The predicted octanol–water partition coefficient (Wildman–Crippen LogP) is -3.83. The van der Waals surface area contributed by atoms with Crippen LogP contribution in [0.15, 0.2) is 0 Å². The number of aliphatic hydroxyl groups excluding tert-OH is 2. The molecule has 680 valence electrons. The molecule has 0 aromatic rings. The molecule has 0 bridgehead atoms. The number of esters is 18. The Balaban J connectivity index is 1.60. The Morgan fingerprint density at radius 2 is 0.347 bits per heavy atom. The number of carbonyl (C=O) groups is 18. The molecular formula is C72H98O49. The maximum absolute atomic E-state index is 13.9. The lowest BCUT2D eigenvalue weighted by atomic mass is 9.94. The van der Waals surface area contributed by atoms with E-state index in [0.29, 0.717) is 0 Å². The van der Waals surface area contributed by atoms with E-state index in [0.717, 1.165) is 125 Å². The van der Waals surface area contributed by atoms with Crippen LogP contribution < -0.4 is 0 Å². The topological polar surface area (TPSA) is 615 Å². The van der Waals surface area contributed by atoms with Gasteiger partial charge in [0.15, 0.2) is 111 Å². The highest BCUT2D eigenvalue weighted by Crippen LogP contribution is 2.43. The van der Waals surface area contributed by atoms with Crippen molar-refractivity contribution in [2.45, 2.75) is 309 Å². The van der Waals surface area contributed by atoms with Crippen molar-refractivity contribution in [2.24, 2.45) is 0 Å². The quantitative estimate of drug-likeness (QED) is 0.0460. The summed E-state index contributed by atoms with van der Waals surface area (Å²) >= 11 is 0. The molecule has 6 fully saturated rings. The number of hydrogen-bond acceptors (Lipinski definition) is 49. The van der Waals surface area contributed by atoms with Crippen molar-refractivity contribution in [3.63, 3.8) is 0 Å². The molecule has 0 spiro atoms. The molecule has 2 N–H and O–H groups in total. The number of carbonyl (C=O) groups excluding carboxylic acids is 18. The maximum atomic E-state index is 13.9. The number of hydrogen-bond donors (Lipinski definition) is 2. The molecule has 0 aromatic carbocycles. The van der Waals surface area contributed by atoms with Gasteiger partial charge in [-0.1, -0.05) is 0 Å². The number of rotatable bonds is 34. The van der Waals surface area contributed by atoms with E-state index in [1.807, 2.05) is 0 Å². The minimum Gasteiger partial charge on any atom is -0.463 e. The van der Waals surface area contributed by atoms with E-state index < -0.39 is 331 Å². The summed E-state index contributed by atoms with van der Waals surface area (Å²) in [6.45, 7) is 9.88. The van der Waals surface area contributed by atoms with Crippen LogP contribution in [0.3, 0.4) is 0 Å². The van der Waals surface area contributed by atoms with Gasteiger partial charge in [0.05, 0.1) is 0 Å². The van der Waals surface area contributed by atoms with Crippen LogP contribution in [-0.4, -0.2) is 342 Å². The Morgan fingerprint density at radius 3 is 0.595 bits per heavy atom. The molecule has 6 aliphatic heterocycles. The van der Waals surface area contributed by atoms with Crippen molar-refractivity contribution in [3.8, 4) is 0 Å². The molecule has 6 rings (SSSR count). The lowest BCUT2D eigenvalue weighted by Crippen LogP contribution is -2.70. The van der Waals surface area contributed by atoms with Gasteiger partial charge in [-0.3, -0.25) is 86.3 Å². The number of aliphatic hydroxyl groups is 2. The van der Waals surface area contributed by atoms with Crippen LogP contribution in [0.5, 0.6) is 0 Å². The molecule has 121 heavy (non-hydrogen) atoms. The highest BCUT2D eigenvalue weighted by Gasteiger charge is 2.64. The second-order valence-corrected chi connectivity index (χ2v) is 27.5. The van der Waals surface area contributed by atoms with Crippen LogP contribution in [0.1, 0.15) is 125 Å². The zero-order valence-electron chi connectivity index (χ0n) is 68.6. The summed E-state index contributed by atoms with van der Waals surface area (Å²) in [4.78, 5) is 236. The van der Waals surface area contributed by atoms with E-state index in [2.05, 4.69) is 0 Å². The Morgan fingerprint density at radius 1 is 0.182 bits per heavy atom. The molecule has 0 aromatic heterocycles. The Hall–Kier alpha value is -10.1. The zero-order valence-corrected chi connectivity index (χ0v) is 68.6. The van der Waals surface area contributed by atoms with E-state index in [9.17, 15) is 96.5 Å². The van der Waals surface area contributed by atoms with Gasteiger partial charge in [-0.25, -0.2) is 0 Å². The lowest BCUT2D eigenvalue weighted by molar-refractivity contribution is -0.397. The van der Waals surface area contributed by atoms with Crippen molar-refractivity contribution in [1.29, 1.82) is 0 Å². The van der Waals surface area contributed by atoms with Gasteiger partial charge < -0.3 is 148 Å². The monoisotopic (exact) mass is 1750 g/mol. The molecule has 49 heteroatoms. The third kappa shape index (κ3) is 29.6. The second kappa shape index (κ2) is 45.7. The minimum absolute atomic E-state index is 0.790. The van der Waals surface area contributed by atoms with Gasteiger partial charge in [-0.2, -0.15) is 0 Å². The molecule has 0 radical (unpaired) electrons. The number of ether oxygens (including phenoxy) is 29. The van der Waals surface area contributed by atoms with Crippen LogP contribution in [0, 0.1) is 0 Å². The van der Waals surface area contributed by atoms with Crippen molar-refractivity contribution in [2.75, 3.05) is 39.6 Å². The molecule has 6 heterocycles. The first-order chi connectivity index (χ1) is 56.6. The first kappa shape index (κ1) is 99.8. The molecule has 6 saturated heterocycles. The second-order valence-electron chi connectivity index (χ2n) is 27.5. The minimum atomic E-state index is -2.50. The first-order valence-corrected chi connectivity index (χ1v) is 37.1. The summed E-state index contributed by atoms with van der Waals surface area (Å²) in [7, 11) is 0. The van der Waals surface area contributed by atoms with Gasteiger partial charge in [0.1, 0.15) is 113 Å². The van der Waals surface area contributed by atoms with Crippen molar-refractivity contribution in [1.82, 2.24) is 0 Å². The zero-order chi connectivity index (χ0) is 90.5. The first-order valence-electron chi connectivity index (χ1n) is 37.1.